The highest BCUT2D eigenvalue weighted by Crippen LogP contribution is 2.30. The zero-order valence-electron chi connectivity index (χ0n) is 18.0. The Hall–Kier alpha value is -3.21. The predicted octanol–water partition coefficient (Wildman–Crippen LogP) is 2.26. The van der Waals surface area contributed by atoms with E-state index in [1.807, 2.05) is 24.3 Å². The maximum atomic E-state index is 12.0. The van der Waals surface area contributed by atoms with Crippen LogP contribution in [-0.2, 0) is 9.47 Å². The van der Waals surface area contributed by atoms with Crippen molar-refractivity contribution in [3.63, 3.8) is 0 Å². The van der Waals surface area contributed by atoms with Gasteiger partial charge in [0.05, 0.1) is 23.7 Å². The lowest BCUT2D eigenvalue weighted by Crippen LogP contribution is -2.47. The minimum Gasteiger partial charge on any atom is -0.460 e. The second-order valence-corrected chi connectivity index (χ2v) is 7.35. The quantitative estimate of drug-likeness (QED) is 0.323. The number of hydrogen-bond donors (Lipinski definition) is 2. The molecule has 2 aromatic carbocycles. The third-order valence-electron chi connectivity index (χ3n) is 5.23. The average molecular weight is 444 g/mol. The number of ether oxygens (including phenoxy) is 2. The Bertz CT molecular complexity index is 930. The molecule has 0 aromatic heterocycles. The molecule has 10 nitrogen and oxygen atoms in total. The van der Waals surface area contributed by atoms with E-state index >= 15 is 0 Å². The first-order chi connectivity index (χ1) is 15.5. The summed E-state index contributed by atoms with van der Waals surface area (Å²) in [5.74, 6) is -0.722. The van der Waals surface area contributed by atoms with Crippen LogP contribution in [0.4, 0.5) is 22.7 Å². The van der Waals surface area contributed by atoms with Gasteiger partial charge in [-0.15, -0.1) is 0 Å². The van der Waals surface area contributed by atoms with Crippen molar-refractivity contribution in [1.82, 2.24) is 4.90 Å². The molecule has 0 radical (unpaired) electrons. The first kappa shape index (κ1) is 23.5. The third kappa shape index (κ3) is 6.16. The highest BCUT2D eigenvalue weighted by atomic mass is 16.6. The second-order valence-electron chi connectivity index (χ2n) is 7.35. The number of esters is 1. The van der Waals surface area contributed by atoms with Gasteiger partial charge in [-0.1, -0.05) is 6.07 Å². The fourth-order valence-electron chi connectivity index (χ4n) is 3.52. The normalized spacial score (nSPS) is 14.2. The van der Waals surface area contributed by atoms with Crippen molar-refractivity contribution in [3.8, 4) is 0 Å². The van der Waals surface area contributed by atoms with E-state index in [0.29, 0.717) is 5.69 Å². The minimum absolute atomic E-state index is 0.0517. The lowest BCUT2D eigenvalue weighted by molar-refractivity contribution is -0.383. The average Bonchev–Trinajstić information content (AvgIpc) is 2.81. The number of carbonyl (C=O) groups excluding carboxylic acids is 1. The van der Waals surface area contributed by atoms with Crippen molar-refractivity contribution in [3.05, 3.63) is 58.1 Å². The van der Waals surface area contributed by atoms with Crippen LogP contribution in [-0.4, -0.2) is 80.6 Å². The van der Waals surface area contributed by atoms with E-state index in [1.165, 1.54) is 18.2 Å². The van der Waals surface area contributed by atoms with Gasteiger partial charge in [0, 0.05) is 57.3 Å². The first-order valence-electron chi connectivity index (χ1n) is 10.4. The molecule has 0 aliphatic carbocycles. The number of methoxy groups -OCH3 is 1. The number of rotatable bonds is 10. The van der Waals surface area contributed by atoms with Crippen molar-refractivity contribution in [2.45, 2.75) is 0 Å². The number of carbonyl (C=O) groups is 1. The molecule has 1 aliphatic heterocycles. The fourth-order valence-corrected chi connectivity index (χ4v) is 3.52. The number of anilines is 3. The van der Waals surface area contributed by atoms with Gasteiger partial charge in [-0.05, 0) is 30.3 Å². The van der Waals surface area contributed by atoms with E-state index in [1.54, 1.807) is 7.11 Å². The predicted molar refractivity (Wildman–Crippen MR) is 121 cm³/mol. The summed E-state index contributed by atoms with van der Waals surface area (Å²) in [7, 11) is 1.70. The molecular weight excluding hydrogens is 416 g/mol. The number of aliphatic hydroxyl groups excluding tert-OH is 1. The number of nitrogens with one attached hydrogen (secondary N) is 1. The van der Waals surface area contributed by atoms with Crippen LogP contribution < -0.4 is 10.2 Å². The summed E-state index contributed by atoms with van der Waals surface area (Å²) in [6, 6.07) is 11.8. The Morgan fingerprint density at radius 2 is 1.94 bits per heavy atom. The first-order valence-corrected chi connectivity index (χ1v) is 10.4. The molecule has 1 fully saturated rings. The number of aliphatic hydroxyl groups is 1. The summed E-state index contributed by atoms with van der Waals surface area (Å²) in [5, 5.41) is 23.4. The fraction of sp³-hybridized carbons (Fsp3) is 0.409. The van der Waals surface area contributed by atoms with Crippen LogP contribution in [0.3, 0.4) is 0 Å². The smallest absolute Gasteiger partial charge is 0.338 e. The van der Waals surface area contributed by atoms with E-state index in [0.717, 1.165) is 45.0 Å². The molecule has 1 saturated heterocycles. The topological polar surface area (TPSA) is 117 Å². The number of hydrogen-bond acceptors (Lipinski definition) is 9. The minimum atomic E-state index is -0.722. The van der Waals surface area contributed by atoms with Crippen LogP contribution in [0.15, 0.2) is 42.5 Å². The third-order valence-corrected chi connectivity index (χ3v) is 5.23. The van der Waals surface area contributed by atoms with E-state index in [2.05, 4.69) is 15.1 Å². The molecule has 1 heterocycles. The molecule has 0 atom stereocenters. The SMILES string of the molecule is COCCN1CCN(c2cccc(Nc3ccc(C(=O)OCCO)cc3[N+](=O)[O-])c2)CC1. The van der Waals surface area contributed by atoms with Crippen molar-refractivity contribution >= 4 is 28.7 Å². The Morgan fingerprint density at radius 1 is 1.16 bits per heavy atom. The second kappa shape index (κ2) is 11.4. The van der Waals surface area contributed by atoms with Gasteiger partial charge in [-0.3, -0.25) is 15.0 Å². The van der Waals surface area contributed by atoms with Crippen LogP contribution in [0.25, 0.3) is 0 Å². The number of piperazine rings is 1. The summed E-state index contributed by atoms with van der Waals surface area (Å²) in [4.78, 5) is 27.6. The summed E-state index contributed by atoms with van der Waals surface area (Å²) in [6.45, 7) is 4.82. The summed E-state index contributed by atoms with van der Waals surface area (Å²) in [5.41, 5.74) is 1.84. The largest absolute Gasteiger partial charge is 0.460 e. The molecule has 0 unspecified atom stereocenters. The van der Waals surface area contributed by atoms with Crippen LogP contribution >= 0.6 is 0 Å². The van der Waals surface area contributed by atoms with Gasteiger partial charge in [0.15, 0.2) is 0 Å². The van der Waals surface area contributed by atoms with Crippen molar-refractivity contribution < 1.29 is 24.3 Å². The Labute approximate surface area is 186 Å². The maximum absolute atomic E-state index is 12.0. The monoisotopic (exact) mass is 444 g/mol. The molecule has 2 N–H and O–H groups in total. The maximum Gasteiger partial charge on any atom is 0.338 e. The zero-order valence-corrected chi connectivity index (χ0v) is 18.0. The van der Waals surface area contributed by atoms with Gasteiger partial charge in [0.25, 0.3) is 5.69 Å². The molecule has 1 aliphatic rings. The lowest BCUT2D eigenvalue weighted by Gasteiger charge is -2.36. The highest BCUT2D eigenvalue weighted by Gasteiger charge is 2.20. The number of benzene rings is 2. The van der Waals surface area contributed by atoms with Gasteiger partial charge in [-0.25, -0.2) is 4.79 Å². The van der Waals surface area contributed by atoms with Crippen molar-refractivity contribution in [2.24, 2.45) is 0 Å². The summed E-state index contributed by atoms with van der Waals surface area (Å²) < 4.78 is 9.98. The molecule has 32 heavy (non-hydrogen) atoms. The summed E-state index contributed by atoms with van der Waals surface area (Å²) >= 11 is 0. The van der Waals surface area contributed by atoms with Crippen molar-refractivity contribution in [2.75, 3.05) is 69.9 Å². The Kier molecular flexibility index (Phi) is 8.37. The number of nitro benzene ring substituents is 1. The van der Waals surface area contributed by atoms with Crippen LogP contribution in [0, 0.1) is 10.1 Å². The van der Waals surface area contributed by atoms with Crippen LogP contribution in [0.5, 0.6) is 0 Å². The molecule has 0 saturated carbocycles. The van der Waals surface area contributed by atoms with E-state index in [9.17, 15) is 14.9 Å². The van der Waals surface area contributed by atoms with Gasteiger partial charge >= 0.3 is 5.97 Å². The van der Waals surface area contributed by atoms with Crippen LogP contribution in [0.1, 0.15) is 10.4 Å². The highest BCUT2D eigenvalue weighted by molar-refractivity contribution is 5.91. The van der Waals surface area contributed by atoms with Gasteiger partial charge in [-0.2, -0.15) is 0 Å². The van der Waals surface area contributed by atoms with E-state index in [-0.39, 0.29) is 30.2 Å². The molecule has 0 bridgehead atoms. The lowest BCUT2D eigenvalue weighted by atomic mass is 10.1. The molecule has 172 valence electrons. The Morgan fingerprint density at radius 3 is 2.62 bits per heavy atom. The molecule has 0 amide bonds. The molecular formula is C22H28N4O6. The number of nitrogens with zero attached hydrogens (tertiary/aromatic N) is 3. The van der Waals surface area contributed by atoms with Gasteiger partial charge < -0.3 is 24.8 Å². The van der Waals surface area contributed by atoms with Gasteiger partial charge in [0.1, 0.15) is 12.3 Å². The molecule has 0 spiro atoms. The molecule has 2 aromatic rings. The summed E-state index contributed by atoms with van der Waals surface area (Å²) in [6.07, 6.45) is 0. The van der Waals surface area contributed by atoms with Crippen molar-refractivity contribution in [1.29, 1.82) is 0 Å². The standard InChI is InChI=1S/C22H28N4O6/c1-31-13-11-24-7-9-25(10-8-24)19-4-2-3-18(16-19)23-20-6-5-17(15-21(20)26(29)30)22(28)32-14-12-27/h2-6,15-16,23,27H,7-14H2,1H3. The van der Waals surface area contributed by atoms with E-state index in [4.69, 9.17) is 14.6 Å². The Balaban J connectivity index is 1.71. The van der Waals surface area contributed by atoms with Crippen LogP contribution in [0.2, 0.25) is 0 Å². The van der Waals surface area contributed by atoms with E-state index < -0.39 is 10.9 Å². The zero-order chi connectivity index (χ0) is 22.9. The molecule has 10 heteroatoms. The number of nitro groups is 1. The molecule has 3 rings (SSSR count). The van der Waals surface area contributed by atoms with Gasteiger partial charge in [0.2, 0.25) is 0 Å².